The van der Waals surface area contributed by atoms with Crippen LogP contribution in [0.2, 0.25) is 0 Å². The number of hydrogen-bond donors (Lipinski definition) is 1. The molecule has 122 valence electrons. The molecule has 1 N–H and O–H groups in total. The van der Waals surface area contributed by atoms with Crippen molar-refractivity contribution in [2.45, 2.75) is 11.8 Å². The van der Waals surface area contributed by atoms with Gasteiger partial charge in [-0.1, -0.05) is 24.3 Å². The van der Waals surface area contributed by atoms with Crippen LogP contribution in [0.1, 0.15) is 6.92 Å². The Kier molecular flexibility index (Phi) is 5.46. The molecule has 0 bridgehead atoms. The highest BCUT2D eigenvalue weighted by atomic mass is 32.2. The molecule has 5 nitrogen and oxygen atoms in total. The van der Waals surface area contributed by atoms with E-state index in [1.165, 1.54) is 42.2 Å². The summed E-state index contributed by atoms with van der Waals surface area (Å²) < 4.78 is 39.9. The van der Waals surface area contributed by atoms with Crippen LogP contribution in [0.4, 0.5) is 10.1 Å². The summed E-state index contributed by atoms with van der Waals surface area (Å²) in [6.07, 6.45) is 0. The van der Waals surface area contributed by atoms with Crippen LogP contribution in [0.5, 0.6) is 0 Å². The van der Waals surface area contributed by atoms with Crippen LogP contribution in [-0.4, -0.2) is 27.4 Å². The first-order valence-electron chi connectivity index (χ1n) is 6.98. The predicted molar refractivity (Wildman–Crippen MR) is 86.1 cm³/mol. The quantitative estimate of drug-likeness (QED) is 0.879. The zero-order valence-electron chi connectivity index (χ0n) is 12.6. The minimum atomic E-state index is -3.63. The molecular formula is C16H17FN2O3S. The molecular weight excluding hydrogens is 319 g/mol. The molecule has 0 aliphatic carbocycles. The van der Waals surface area contributed by atoms with Gasteiger partial charge in [0.25, 0.3) is 0 Å². The summed E-state index contributed by atoms with van der Waals surface area (Å²) in [5, 5.41) is 0. The summed E-state index contributed by atoms with van der Waals surface area (Å²) in [6.45, 7) is 1.47. The number of halogens is 1. The lowest BCUT2D eigenvalue weighted by atomic mass is 10.2. The lowest BCUT2D eigenvalue weighted by Gasteiger charge is -2.21. The highest BCUT2D eigenvalue weighted by Crippen LogP contribution is 2.15. The number of carbonyl (C=O) groups is 1. The highest BCUT2D eigenvalue weighted by molar-refractivity contribution is 7.89. The van der Waals surface area contributed by atoms with Crippen LogP contribution in [-0.2, 0) is 14.8 Å². The Hall–Kier alpha value is -2.25. The number of amides is 1. The van der Waals surface area contributed by atoms with Gasteiger partial charge in [0, 0.05) is 25.7 Å². The van der Waals surface area contributed by atoms with E-state index in [1.807, 2.05) is 0 Å². The van der Waals surface area contributed by atoms with Crippen LogP contribution in [0.15, 0.2) is 59.5 Å². The first-order chi connectivity index (χ1) is 10.9. The predicted octanol–water partition coefficient (Wildman–Crippen LogP) is 2.16. The van der Waals surface area contributed by atoms with Gasteiger partial charge in [0.05, 0.1) is 4.90 Å². The van der Waals surface area contributed by atoms with Crippen LogP contribution in [0, 0.1) is 5.82 Å². The summed E-state index contributed by atoms with van der Waals surface area (Å²) >= 11 is 0. The summed E-state index contributed by atoms with van der Waals surface area (Å²) in [5.74, 6) is -0.756. The van der Waals surface area contributed by atoms with E-state index in [4.69, 9.17) is 0 Å². The van der Waals surface area contributed by atoms with Crippen molar-refractivity contribution < 1.29 is 17.6 Å². The third-order valence-electron chi connectivity index (χ3n) is 3.18. The Labute approximate surface area is 134 Å². The Bertz CT molecular complexity index is 779. The standard InChI is InChI=1S/C16H17FN2O3S/c1-13(20)19(15-7-5-6-14(17)12-15)11-10-18-23(21,22)16-8-3-2-4-9-16/h2-9,12,18H,10-11H2,1H3. The van der Waals surface area contributed by atoms with Gasteiger partial charge in [-0.25, -0.2) is 17.5 Å². The molecule has 0 radical (unpaired) electrons. The van der Waals surface area contributed by atoms with Gasteiger partial charge < -0.3 is 4.90 Å². The zero-order chi connectivity index (χ0) is 16.9. The van der Waals surface area contributed by atoms with Crippen molar-refractivity contribution in [3.63, 3.8) is 0 Å². The van der Waals surface area contributed by atoms with Crippen LogP contribution in [0.25, 0.3) is 0 Å². The van der Waals surface area contributed by atoms with E-state index < -0.39 is 15.8 Å². The van der Waals surface area contributed by atoms with Crippen molar-refractivity contribution in [1.82, 2.24) is 4.72 Å². The van der Waals surface area contributed by atoms with Crippen molar-refractivity contribution in [3.8, 4) is 0 Å². The molecule has 1 amide bonds. The number of hydrogen-bond acceptors (Lipinski definition) is 3. The zero-order valence-corrected chi connectivity index (χ0v) is 13.4. The third-order valence-corrected chi connectivity index (χ3v) is 4.66. The lowest BCUT2D eigenvalue weighted by molar-refractivity contribution is -0.116. The molecule has 0 aliphatic heterocycles. The smallest absolute Gasteiger partial charge is 0.240 e. The van der Waals surface area contributed by atoms with Crippen LogP contribution < -0.4 is 9.62 Å². The molecule has 2 aromatic rings. The Balaban J connectivity index is 2.04. The van der Waals surface area contributed by atoms with Gasteiger partial charge in [-0.15, -0.1) is 0 Å². The number of rotatable bonds is 6. The lowest BCUT2D eigenvalue weighted by Crippen LogP contribution is -2.37. The summed E-state index contributed by atoms with van der Waals surface area (Å²) in [6, 6.07) is 13.5. The van der Waals surface area contributed by atoms with E-state index in [9.17, 15) is 17.6 Å². The SMILES string of the molecule is CC(=O)N(CCNS(=O)(=O)c1ccccc1)c1cccc(F)c1. The molecule has 0 saturated carbocycles. The van der Waals surface area contributed by atoms with Gasteiger partial charge in [0.2, 0.25) is 15.9 Å². The van der Waals surface area contributed by atoms with E-state index in [0.29, 0.717) is 5.69 Å². The fourth-order valence-electron chi connectivity index (χ4n) is 2.09. The molecule has 0 spiro atoms. The maximum atomic E-state index is 13.3. The second-order valence-corrected chi connectivity index (χ2v) is 6.63. The van der Waals surface area contributed by atoms with Gasteiger partial charge in [0.15, 0.2) is 0 Å². The second kappa shape index (κ2) is 7.34. The first-order valence-corrected chi connectivity index (χ1v) is 8.47. The second-order valence-electron chi connectivity index (χ2n) is 4.86. The van der Waals surface area contributed by atoms with Crippen LogP contribution in [0.3, 0.4) is 0 Å². The van der Waals surface area contributed by atoms with E-state index >= 15 is 0 Å². The molecule has 0 aliphatic rings. The van der Waals surface area contributed by atoms with Gasteiger partial charge >= 0.3 is 0 Å². The van der Waals surface area contributed by atoms with Crippen molar-refractivity contribution >= 4 is 21.6 Å². The fourth-order valence-corrected chi connectivity index (χ4v) is 3.13. The number of carbonyl (C=O) groups excluding carboxylic acids is 1. The summed E-state index contributed by atoms with van der Waals surface area (Å²) in [5.41, 5.74) is 0.386. The molecule has 23 heavy (non-hydrogen) atoms. The highest BCUT2D eigenvalue weighted by Gasteiger charge is 2.16. The first kappa shape index (κ1) is 17.1. The average molecular weight is 336 g/mol. The van der Waals surface area contributed by atoms with E-state index in [1.54, 1.807) is 24.3 Å². The topological polar surface area (TPSA) is 66.5 Å². The molecule has 0 aromatic heterocycles. The van der Waals surface area contributed by atoms with Crippen molar-refractivity contribution in [2.75, 3.05) is 18.0 Å². The normalized spacial score (nSPS) is 11.2. The van der Waals surface area contributed by atoms with Crippen molar-refractivity contribution in [3.05, 3.63) is 60.4 Å². The van der Waals surface area contributed by atoms with Gasteiger partial charge in [0.1, 0.15) is 5.82 Å². The van der Waals surface area contributed by atoms with Crippen molar-refractivity contribution in [2.24, 2.45) is 0 Å². The third kappa shape index (κ3) is 4.61. The molecule has 0 atom stereocenters. The number of benzene rings is 2. The monoisotopic (exact) mass is 336 g/mol. The van der Waals surface area contributed by atoms with Gasteiger partial charge in [-0.2, -0.15) is 0 Å². The minimum Gasteiger partial charge on any atom is -0.311 e. The number of nitrogens with one attached hydrogen (secondary N) is 1. The van der Waals surface area contributed by atoms with Gasteiger partial charge in [-0.05, 0) is 30.3 Å². The Morgan fingerprint density at radius 1 is 1.13 bits per heavy atom. The molecule has 0 fully saturated rings. The molecule has 2 rings (SSSR count). The van der Waals surface area contributed by atoms with Gasteiger partial charge in [-0.3, -0.25) is 4.79 Å². The van der Waals surface area contributed by atoms with Crippen molar-refractivity contribution in [1.29, 1.82) is 0 Å². The number of sulfonamides is 1. The molecule has 0 saturated heterocycles. The van der Waals surface area contributed by atoms with E-state index in [2.05, 4.69) is 4.72 Å². The average Bonchev–Trinajstić information content (AvgIpc) is 2.52. The van der Waals surface area contributed by atoms with E-state index in [0.717, 1.165) is 0 Å². The molecule has 7 heteroatoms. The number of anilines is 1. The maximum absolute atomic E-state index is 13.3. The fraction of sp³-hybridized carbons (Fsp3) is 0.188. The Morgan fingerprint density at radius 2 is 1.83 bits per heavy atom. The summed E-state index contributed by atoms with van der Waals surface area (Å²) in [4.78, 5) is 13.2. The maximum Gasteiger partial charge on any atom is 0.240 e. The molecule has 0 unspecified atom stereocenters. The minimum absolute atomic E-state index is 0.0212. The molecule has 2 aromatic carbocycles. The number of nitrogens with zero attached hydrogens (tertiary/aromatic N) is 1. The van der Waals surface area contributed by atoms with Crippen LogP contribution >= 0.6 is 0 Å². The molecule has 0 heterocycles. The Morgan fingerprint density at radius 3 is 2.43 bits per heavy atom. The largest absolute Gasteiger partial charge is 0.311 e. The summed E-state index contributed by atoms with van der Waals surface area (Å²) in [7, 11) is -3.63. The van der Waals surface area contributed by atoms with E-state index in [-0.39, 0.29) is 23.9 Å².